The molecule has 14 heteroatoms. The number of carbonyl (C=O) groups excluding carboxylic acids is 5. The van der Waals surface area contributed by atoms with Crippen molar-refractivity contribution in [2.24, 2.45) is 17.2 Å². The fourth-order valence-electron chi connectivity index (χ4n) is 2.75. The maximum absolute atomic E-state index is 12.4. The van der Waals surface area contributed by atoms with Crippen molar-refractivity contribution in [3.63, 3.8) is 0 Å². The Balaban J connectivity index is 2.69. The molecule has 1 aromatic carbocycles. The monoisotopic (exact) mass is 480 g/mol. The number of primary amides is 2. The number of aromatic hydroxyl groups is 1. The predicted molar refractivity (Wildman–Crippen MR) is 117 cm³/mol. The summed E-state index contributed by atoms with van der Waals surface area (Å²) in [5, 5.41) is 25.0. The van der Waals surface area contributed by atoms with Crippen molar-refractivity contribution < 1.29 is 39.0 Å². The number of carbonyl (C=O) groups is 6. The lowest BCUT2D eigenvalue weighted by atomic mass is 10.1. The Hall–Kier alpha value is -4.20. The van der Waals surface area contributed by atoms with Gasteiger partial charge in [-0.15, -0.1) is 0 Å². The van der Waals surface area contributed by atoms with E-state index in [1.807, 2.05) is 0 Å². The zero-order valence-electron chi connectivity index (χ0n) is 18.2. The molecule has 0 saturated heterocycles. The summed E-state index contributed by atoms with van der Waals surface area (Å²) in [6.45, 7) is -0.563. The number of nitrogens with two attached hydrogens (primary N) is 3. The first-order valence-corrected chi connectivity index (χ1v) is 10.1. The molecule has 34 heavy (non-hydrogen) atoms. The van der Waals surface area contributed by atoms with Crippen LogP contribution in [-0.4, -0.2) is 70.4 Å². The molecule has 0 aliphatic heterocycles. The van der Waals surface area contributed by atoms with Crippen molar-refractivity contribution in [3.05, 3.63) is 29.8 Å². The molecular weight excluding hydrogens is 452 g/mol. The number of nitrogens with one attached hydrogen (secondary N) is 3. The summed E-state index contributed by atoms with van der Waals surface area (Å²) in [6.07, 6.45) is -1.12. The first kappa shape index (κ1) is 27.8. The van der Waals surface area contributed by atoms with Gasteiger partial charge in [0.25, 0.3) is 0 Å². The number of rotatable bonds is 14. The third-order valence-electron chi connectivity index (χ3n) is 4.50. The van der Waals surface area contributed by atoms with Crippen molar-refractivity contribution in [1.82, 2.24) is 16.0 Å². The van der Waals surface area contributed by atoms with E-state index in [-0.39, 0.29) is 25.0 Å². The molecule has 0 aliphatic carbocycles. The highest BCUT2D eigenvalue weighted by molar-refractivity contribution is 5.94. The average molecular weight is 480 g/mol. The lowest BCUT2D eigenvalue weighted by molar-refractivity contribution is -0.143. The van der Waals surface area contributed by atoms with Crippen LogP contribution in [0.4, 0.5) is 0 Å². The van der Waals surface area contributed by atoms with E-state index in [9.17, 15) is 33.9 Å². The lowest BCUT2D eigenvalue weighted by Crippen LogP contribution is -2.54. The highest BCUT2D eigenvalue weighted by Crippen LogP contribution is 2.10. The van der Waals surface area contributed by atoms with Gasteiger partial charge in [-0.3, -0.25) is 24.0 Å². The van der Waals surface area contributed by atoms with Crippen LogP contribution in [0.25, 0.3) is 0 Å². The zero-order valence-corrected chi connectivity index (χ0v) is 18.2. The second kappa shape index (κ2) is 13.4. The molecule has 1 rings (SSSR count). The third-order valence-corrected chi connectivity index (χ3v) is 4.50. The summed E-state index contributed by atoms with van der Waals surface area (Å²) < 4.78 is 0. The van der Waals surface area contributed by atoms with Gasteiger partial charge in [-0.05, 0) is 30.5 Å². The molecule has 14 nitrogen and oxygen atoms in total. The molecule has 0 saturated carbocycles. The van der Waals surface area contributed by atoms with E-state index in [0.29, 0.717) is 5.56 Å². The molecule has 0 aliphatic rings. The fourth-order valence-corrected chi connectivity index (χ4v) is 2.75. The number of carboxylic acids is 1. The Kier molecular flexibility index (Phi) is 10.9. The lowest BCUT2D eigenvalue weighted by Gasteiger charge is -2.21. The summed E-state index contributed by atoms with van der Waals surface area (Å²) in [4.78, 5) is 70.2. The Morgan fingerprint density at radius 2 is 1.50 bits per heavy atom. The molecular formula is C20H28N6O8. The smallest absolute Gasteiger partial charge is 0.326 e. The maximum atomic E-state index is 12.4. The van der Waals surface area contributed by atoms with Gasteiger partial charge in [-0.25, -0.2) is 4.79 Å². The van der Waals surface area contributed by atoms with Crippen molar-refractivity contribution in [2.75, 3.05) is 6.54 Å². The van der Waals surface area contributed by atoms with Crippen LogP contribution in [0.2, 0.25) is 0 Å². The zero-order chi connectivity index (χ0) is 25.8. The molecule has 0 spiro atoms. The van der Waals surface area contributed by atoms with Crippen LogP contribution in [-0.2, 0) is 35.2 Å². The van der Waals surface area contributed by atoms with Gasteiger partial charge in [0.1, 0.15) is 17.8 Å². The molecule has 0 aromatic heterocycles. The standard InChI is InChI=1S/C20H28N6O8/c21-12(7-10-1-3-11(27)4-2-10)18(31)24-9-17(30)25-13(5-6-15(22)28)19(32)26-14(20(33)34)8-16(23)29/h1-4,12-14,27H,5-9,21H2,(H2,22,28)(H2,23,29)(H,24,31)(H,25,30)(H,26,32)(H,33,34). The predicted octanol–water partition coefficient (Wildman–Crippen LogP) is -3.43. The number of phenols is 1. The maximum Gasteiger partial charge on any atom is 0.326 e. The van der Waals surface area contributed by atoms with E-state index in [1.54, 1.807) is 12.1 Å². The molecule has 5 amide bonds. The van der Waals surface area contributed by atoms with Gasteiger partial charge in [0.05, 0.1) is 19.0 Å². The minimum Gasteiger partial charge on any atom is -0.508 e. The topological polar surface area (TPSA) is 257 Å². The van der Waals surface area contributed by atoms with Gasteiger partial charge in [0.2, 0.25) is 29.5 Å². The molecule has 1 aromatic rings. The molecule has 0 bridgehead atoms. The van der Waals surface area contributed by atoms with E-state index < -0.39 is 66.6 Å². The molecule has 3 unspecified atom stereocenters. The van der Waals surface area contributed by atoms with Crippen molar-refractivity contribution >= 4 is 35.5 Å². The fraction of sp³-hybridized carbons (Fsp3) is 0.400. The normalized spacial score (nSPS) is 13.1. The van der Waals surface area contributed by atoms with Crippen LogP contribution in [0, 0.1) is 0 Å². The van der Waals surface area contributed by atoms with Gasteiger partial charge in [-0.1, -0.05) is 12.1 Å². The molecule has 186 valence electrons. The van der Waals surface area contributed by atoms with E-state index in [2.05, 4.69) is 16.0 Å². The van der Waals surface area contributed by atoms with Crippen LogP contribution in [0.15, 0.2) is 24.3 Å². The summed E-state index contributed by atoms with van der Waals surface area (Å²) in [6, 6.07) is 2.01. The molecule has 3 atom stereocenters. The second-order valence-corrected chi connectivity index (χ2v) is 7.39. The number of benzene rings is 1. The van der Waals surface area contributed by atoms with Gasteiger partial charge < -0.3 is 43.4 Å². The SMILES string of the molecule is NC(=O)CCC(NC(=O)CNC(=O)C(N)Cc1ccc(O)cc1)C(=O)NC(CC(N)=O)C(=O)O. The third kappa shape index (κ3) is 10.4. The Morgan fingerprint density at radius 3 is 2.03 bits per heavy atom. The summed E-state index contributed by atoms with van der Waals surface area (Å²) in [5.41, 5.74) is 16.5. The Bertz CT molecular complexity index is 920. The van der Waals surface area contributed by atoms with E-state index in [4.69, 9.17) is 22.3 Å². The number of aliphatic carboxylic acids is 1. The van der Waals surface area contributed by atoms with Crippen molar-refractivity contribution in [3.8, 4) is 5.75 Å². The highest BCUT2D eigenvalue weighted by Gasteiger charge is 2.28. The van der Waals surface area contributed by atoms with Crippen molar-refractivity contribution in [1.29, 1.82) is 0 Å². The van der Waals surface area contributed by atoms with Crippen LogP contribution in [0.5, 0.6) is 5.75 Å². The highest BCUT2D eigenvalue weighted by atomic mass is 16.4. The number of phenolic OH excluding ortho intramolecular Hbond substituents is 1. The summed E-state index contributed by atoms with van der Waals surface area (Å²) in [7, 11) is 0. The van der Waals surface area contributed by atoms with E-state index in [0.717, 1.165) is 0 Å². The molecule has 11 N–H and O–H groups in total. The largest absolute Gasteiger partial charge is 0.508 e. The number of hydrogen-bond donors (Lipinski definition) is 8. The summed E-state index contributed by atoms with van der Waals surface area (Å²) in [5.74, 6) is -5.69. The minimum absolute atomic E-state index is 0.0534. The van der Waals surface area contributed by atoms with Crippen molar-refractivity contribution in [2.45, 2.75) is 43.8 Å². The van der Waals surface area contributed by atoms with Crippen LogP contribution < -0.4 is 33.2 Å². The molecule has 0 radical (unpaired) electrons. The first-order valence-electron chi connectivity index (χ1n) is 10.1. The van der Waals surface area contributed by atoms with Gasteiger partial charge in [-0.2, -0.15) is 0 Å². The molecule has 0 fully saturated rings. The number of hydrogen-bond acceptors (Lipinski definition) is 8. The number of amides is 5. The van der Waals surface area contributed by atoms with Gasteiger partial charge in [0.15, 0.2) is 0 Å². The Morgan fingerprint density at radius 1 is 0.882 bits per heavy atom. The van der Waals surface area contributed by atoms with Crippen LogP contribution >= 0.6 is 0 Å². The molecule has 0 heterocycles. The van der Waals surface area contributed by atoms with Gasteiger partial charge in [0, 0.05) is 6.42 Å². The Labute approximate surface area is 194 Å². The van der Waals surface area contributed by atoms with Crippen LogP contribution in [0.1, 0.15) is 24.8 Å². The van der Waals surface area contributed by atoms with Gasteiger partial charge >= 0.3 is 5.97 Å². The summed E-state index contributed by atoms with van der Waals surface area (Å²) >= 11 is 0. The van der Waals surface area contributed by atoms with E-state index >= 15 is 0 Å². The quantitative estimate of drug-likeness (QED) is 0.132. The first-order chi connectivity index (χ1) is 15.9. The average Bonchev–Trinajstić information content (AvgIpc) is 2.75. The minimum atomic E-state index is -1.64. The number of carboxylic acid groups (broad SMARTS) is 1. The van der Waals surface area contributed by atoms with Crippen LogP contribution in [0.3, 0.4) is 0 Å². The second-order valence-electron chi connectivity index (χ2n) is 7.39. The van der Waals surface area contributed by atoms with E-state index in [1.165, 1.54) is 12.1 Å².